The van der Waals surface area contributed by atoms with E-state index in [2.05, 4.69) is 31.4 Å². The second-order valence-electron chi connectivity index (χ2n) is 4.91. The van der Waals surface area contributed by atoms with Gasteiger partial charge in [0.25, 0.3) is 0 Å². The Kier molecular flexibility index (Phi) is 5.09. The lowest BCUT2D eigenvalue weighted by Gasteiger charge is -2.31. The predicted octanol–water partition coefficient (Wildman–Crippen LogP) is 1.68. The first-order chi connectivity index (χ1) is 7.09. The number of hydrogen-bond acceptors (Lipinski definition) is 2. The standard InChI is InChI=1S/C12H24N2O/c1-9(2)13-8-7-12(15)14-10(3)11-5-4-6-11/h9-11,13H,4-8H2,1-3H3,(H,14,15). The van der Waals surface area contributed by atoms with Crippen molar-refractivity contribution >= 4 is 5.91 Å². The molecule has 0 aliphatic heterocycles. The minimum Gasteiger partial charge on any atom is -0.353 e. The first kappa shape index (κ1) is 12.5. The smallest absolute Gasteiger partial charge is 0.221 e. The summed E-state index contributed by atoms with van der Waals surface area (Å²) in [6.45, 7) is 7.09. The molecule has 0 bridgehead atoms. The minimum absolute atomic E-state index is 0.183. The summed E-state index contributed by atoms with van der Waals surface area (Å²) in [5.41, 5.74) is 0. The van der Waals surface area contributed by atoms with Gasteiger partial charge >= 0.3 is 0 Å². The average molecular weight is 212 g/mol. The van der Waals surface area contributed by atoms with Gasteiger partial charge in [0.2, 0.25) is 5.91 Å². The van der Waals surface area contributed by atoms with Crippen molar-refractivity contribution in [3.63, 3.8) is 0 Å². The predicted molar refractivity (Wildman–Crippen MR) is 62.7 cm³/mol. The molecule has 0 aromatic carbocycles. The molecule has 1 aliphatic rings. The molecule has 3 heteroatoms. The topological polar surface area (TPSA) is 41.1 Å². The van der Waals surface area contributed by atoms with Crippen LogP contribution < -0.4 is 10.6 Å². The van der Waals surface area contributed by atoms with Gasteiger partial charge in [0.15, 0.2) is 0 Å². The van der Waals surface area contributed by atoms with E-state index in [-0.39, 0.29) is 5.91 Å². The van der Waals surface area contributed by atoms with Gasteiger partial charge in [-0.3, -0.25) is 4.79 Å². The second-order valence-corrected chi connectivity index (χ2v) is 4.91. The molecule has 0 spiro atoms. The van der Waals surface area contributed by atoms with Gasteiger partial charge in [-0.05, 0) is 25.7 Å². The van der Waals surface area contributed by atoms with Crippen molar-refractivity contribution in [2.45, 2.75) is 58.5 Å². The highest BCUT2D eigenvalue weighted by molar-refractivity contribution is 5.76. The van der Waals surface area contributed by atoms with E-state index in [0.29, 0.717) is 18.5 Å². The van der Waals surface area contributed by atoms with Crippen LogP contribution in [0.25, 0.3) is 0 Å². The van der Waals surface area contributed by atoms with Crippen molar-refractivity contribution in [1.82, 2.24) is 10.6 Å². The zero-order valence-corrected chi connectivity index (χ0v) is 10.2. The van der Waals surface area contributed by atoms with Crippen LogP contribution in [0.2, 0.25) is 0 Å². The Balaban J connectivity index is 2.06. The van der Waals surface area contributed by atoms with Crippen LogP contribution in [0.15, 0.2) is 0 Å². The van der Waals surface area contributed by atoms with Crippen LogP contribution in [0, 0.1) is 5.92 Å². The third-order valence-corrected chi connectivity index (χ3v) is 3.15. The lowest BCUT2D eigenvalue weighted by atomic mass is 9.80. The molecule has 0 aromatic heterocycles. The van der Waals surface area contributed by atoms with Crippen molar-refractivity contribution in [3.05, 3.63) is 0 Å². The lowest BCUT2D eigenvalue weighted by Crippen LogP contribution is -2.41. The quantitative estimate of drug-likeness (QED) is 0.703. The molecule has 1 atom stereocenters. The molecular formula is C12H24N2O. The maximum absolute atomic E-state index is 11.5. The van der Waals surface area contributed by atoms with Gasteiger partial charge in [-0.15, -0.1) is 0 Å². The molecule has 1 amide bonds. The van der Waals surface area contributed by atoms with Crippen LogP contribution >= 0.6 is 0 Å². The number of carbonyl (C=O) groups excluding carboxylic acids is 1. The maximum Gasteiger partial charge on any atom is 0.221 e. The summed E-state index contributed by atoms with van der Waals surface area (Å²) in [4.78, 5) is 11.5. The Morgan fingerprint density at radius 1 is 1.33 bits per heavy atom. The van der Waals surface area contributed by atoms with Crippen molar-refractivity contribution in [1.29, 1.82) is 0 Å². The Hall–Kier alpha value is -0.570. The molecule has 15 heavy (non-hydrogen) atoms. The lowest BCUT2D eigenvalue weighted by molar-refractivity contribution is -0.122. The summed E-state index contributed by atoms with van der Waals surface area (Å²) in [6, 6.07) is 0.826. The highest BCUT2D eigenvalue weighted by Gasteiger charge is 2.24. The first-order valence-electron chi connectivity index (χ1n) is 6.12. The van der Waals surface area contributed by atoms with E-state index in [1.807, 2.05) is 0 Å². The zero-order valence-electron chi connectivity index (χ0n) is 10.2. The van der Waals surface area contributed by atoms with Crippen molar-refractivity contribution in [2.24, 2.45) is 5.92 Å². The van der Waals surface area contributed by atoms with Gasteiger partial charge in [-0.25, -0.2) is 0 Å². The van der Waals surface area contributed by atoms with E-state index in [9.17, 15) is 4.79 Å². The third-order valence-electron chi connectivity index (χ3n) is 3.15. The largest absolute Gasteiger partial charge is 0.353 e. The van der Waals surface area contributed by atoms with Gasteiger partial charge in [0.05, 0.1) is 0 Å². The molecule has 1 rings (SSSR count). The van der Waals surface area contributed by atoms with E-state index >= 15 is 0 Å². The maximum atomic E-state index is 11.5. The SMILES string of the molecule is CC(C)NCCC(=O)NC(C)C1CCC1. The van der Waals surface area contributed by atoms with E-state index in [0.717, 1.165) is 12.5 Å². The molecule has 3 nitrogen and oxygen atoms in total. The summed E-state index contributed by atoms with van der Waals surface area (Å²) in [5.74, 6) is 0.912. The highest BCUT2D eigenvalue weighted by Crippen LogP contribution is 2.29. The molecule has 1 aliphatic carbocycles. The molecule has 0 aromatic rings. The van der Waals surface area contributed by atoms with Crippen LogP contribution in [0.3, 0.4) is 0 Å². The van der Waals surface area contributed by atoms with Crippen LogP contribution in [-0.4, -0.2) is 24.5 Å². The monoisotopic (exact) mass is 212 g/mol. The van der Waals surface area contributed by atoms with Gasteiger partial charge in [0.1, 0.15) is 0 Å². The molecule has 0 saturated heterocycles. The number of rotatable bonds is 6. The number of carbonyl (C=O) groups is 1. The van der Waals surface area contributed by atoms with E-state index in [1.165, 1.54) is 19.3 Å². The average Bonchev–Trinajstić information content (AvgIpc) is 1.98. The van der Waals surface area contributed by atoms with Crippen LogP contribution in [0.4, 0.5) is 0 Å². The molecule has 88 valence electrons. The van der Waals surface area contributed by atoms with E-state index < -0.39 is 0 Å². The molecule has 0 heterocycles. The van der Waals surface area contributed by atoms with Crippen molar-refractivity contribution < 1.29 is 4.79 Å². The van der Waals surface area contributed by atoms with Gasteiger partial charge in [-0.1, -0.05) is 20.3 Å². The highest BCUT2D eigenvalue weighted by atomic mass is 16.1. The van der Waals surface area contributed by atoms with Crippen molar-refractivity contribution in [2.75, 3.05) is 6.54 Å². The Labute approximate surface area is 93.0 Å². The van der Waals surface area contributed by atoms with Gasteiger partial charge in [-0.2, -0.15) is 0 Å². The fraction of sp³-hybridized carbons (Fsp3) is 0.917. The molecular weight excluding hydrogens is 188 g/mol. The normalized spacial score (nSPS) is 18.7. The van der Waals surface area contributed by atoms with E-state index in [1.54, 1.807) is 0 Å². The molecule has 1 saturated carbocycles. The number of nitrogens with one attached hydrogen (secondary N) is 2. The molecule has 0 radical (unpaired) electrons. The van der Waals surface area contributed by atoms with Crippen LogP contribution in [0.5, 0.6) is 0 Å². The summed E-state index contributed by atoms with van der Waals surface area (Å²) >= 11 is 0. The number of hydrogen-bond donors (Lipinski definition) is 2. The fourth-order valence-electron chi connectivity index (χ4n) is 1.86. The summed E-state index contributed by atoms with van der Waals surface area (Å²) in [6.07, 6.45) is 4.49. The summed E-state index contributed by atoms with van der Waals surface area (Å²) in [7, 11) is 0. The Morgan fingerprint density at radius 3 is 2.47 bits per heavy atom. The Morgan fingerprint density at radius 2 is 2.00 bits per heavy atom. The molecule has 1 fully saturated rings. The number of amides is 1. The summed E-state index contributed by atoms with van der Waals surface area (Å²) in [5, 5.41) is 6.32. The minimum atomic E-state index is 0.183. The van der Waals surface area contributed by atoms with Crippen molar-refractivity contribution in [3.8, 4) is 0 Å². The van der Waals surface area contributed by atoms with Gasteiger partial charge < -0.3 is 10.6 Å². The fourth-order valence-corrected chi connectivity index (χ4v) is 1.86. The Bertz CT molecular complexity index is 200. The third kappa shape index (κ3) is 4.65. The van der Waals surface area contributed by atoms with Gasteiger partial charge in [0, 0.05) is 25.0 Å². The second kappa shape index (κ2) is 6.11. The summed E-state index contributed by atoms with van der Waals surface area (Å²) < 4.78 is 0. The zero-order chi connectivity index (χ0) is 11.3. The van der Waals surface area contributed by atoms with Crippen LogP contribution in [0.1, 0.15) is 46.5 Å². The first-order valence-corrected chi connectivity index (χ1v) is 6.12. The van der Waals surface area contributed by atoms with E-state index in [4.69, 9.17) is 0 Å². The molecule has 2 N–H and O–H groups in total. The van der Waals surface area contributed by atoms with Crippen LogP contribution in [-0.2, 0) is 4.79 Å². The molecule has 1 unspecified atom stereocenters.